The van der Waals surface area contributed by atoms with Crippen molar-refractivity contribution in [1.82, 2.24) is 10.6 Å². The minimum atomic E-state index is -5.08. The third kappa shape index (κ3) is 9.22. The summed E-state index contributed by atoms with van der Waals surface area (Å²) in [4.78, 5) is 23.7. The molecule has 10 nitrogen and oxygen atoms in total. The number of hydrogen-bond donors (Lipinski definition) is 4. The third-order valence-corrected chi connectivity index (χ3v) is 6.46. The van der Waals surface area contributed by atoms with Crippen LogP contribution in [0.3, 0.4) is 0 Å². The first kappa shape index (κ1) is 29.9. The van der Waals surface area contributed by atoms with Crippen molar-refractivity contribution >= 4 is 33.3 Å². The lowest BCUT2D eigenvalue weighted by molar-refractivity contribution is -0.192. The van der Waals surface area contributed by atoms with Crippen molar-refractivity contribution in [3.63, 3.8) is 0 Å². The summed E-state index contributed by atoms with van der Waals surface area (Å²) in [6.07, 6.45) is -5.08. The second-order valence-electron chi connectivity index (χ2n) is 7.94. The molecule has 0 spiro atoms. The number of hydrogen-bond acceptors (Lipinski definition) is 7. The van der Waals surface area contributed by atoms with E-state index in [2.05, 4.69) is 20.3 Å². The normalized spacial score (nSPS) is 13.8. The van der Waals surface area contributed by atoms with Gasteiger partial charge in [0.25, 0.3) is 15.9 Å². The first-order valence-electron chi connectivity index (χ1n) is 11.1. The molecule has 0 atom stereocenters. The number of carboxylic acids is 1. The number of halogens is 3. The molecule has 1 aliphatic heterocycles. The van der Waals surface area contributed by atoms with E-state index in [0.717, 1.165) is 37.4 Å². The number of carbonyl (C=O) groups is 2. The van der Waals surface area contributed by atoms with Crippen molar-refractivity contribution in [3.05, 3.63) is 53.6 Å². The summed E-state index contributed by atoms with van der Waals surface area (Å²) < 4.78 is 65.4. The van der Waals surface area contributed by atoms with Gasteiger partial charge in [0.2, 0.25) is 0 Å². The van der Waals surface area contributed by atoms with E-state index in [1.807, 2.05) is 13.0 Å². The molecule has 0 saturated carbocycles. The Bertz CT molecular complexity index is 1190. The van der Waals surface area contributed by atoms with E-state index in [1.54, 1.807) is 43.5 Å². The molecule has 0 bridgehead atoms. The lowest BCUT2D eigenvalue weighted by Gasteiger charge is -2.31. The Morgan fingerprint density at radius 2 is 1.78 bits per heavy atom. The van der Waals surface area contributed by atoms with E-state index in [-0.39, 0.29) is 10.8 Å². The highest BCUT2D eigenvalue weighted by Gasteiger charge is 2.38. The van der Waals surface area contributed by atoms with Crippen molar-refractivity contribution in [1.29, 1.82) is 0 Å². The zero-order valence-corrected chi connectivity index (χ0v) is 21.1. The van der Waals surface area contributed by atoms with Crippen molar-refractivity contribution < 1.29 is 41.0 Å². The number of alkyl halides is 3. The van der Waals surface area contributed by atoms with Gasteiger partial charge < -0.3 is 25.4 Å². The number of amides is 1. The summed E-state index contributed by atoms with van der Waals surface area (Å²) in [6, 6.07) is 11.8. The summed E-state index contributed by atoms with van der Waals surface area (Å²) in [5.41, 5.74) is 2.37. The number of piperazine rings is 1. The number of carbonyl (C=O) groups excluding carboxylic acids is 1. The van der Waals surface area contributed by atoms with Gasteiger partial charge in [-0.3, -0.25) is 9.52 Å². The van der Waals surface area contributed by atoms with Gasteiger partial charge in [0.15, 0.2) is 0 Å². The highest BCUT2D eigenvalue weighted by Crippen LogP contribution is 2.30. The molecule has 1 amide bonds. The molecule has 1 aliphatic rings. The van der Waals surface area contributed by atoms with E-state index >= 15 is 0 Å². The first-order chi connectivity index (χ1) is 17.3. The molecule has 1 saturated heterocycles. The molecule has 3 rings (SSSR count). The van der Waals surface area contributed by atoms with Crippen molar-refractivity contribution in [2.45, 2.75) is 18.0 Å². The van der Waals surface area contributed by atoms with E-state index < -0.39 is 22.2 Å². The molecule has 2 aromatic rings. The van der Waals surface area contributed by atoms with Crippen LogP contribution in [0.15, 0.2) is 47.4 Å². The Labute approximate surface area is 212 Å². The average Bonchev–Trinajstić information content (AvgIpc) is 2.84. The molecule has 0 aliphatic carbocycles. The molecular weight excluding hydrogens is 517 g/mol. The van der Waals surface area contributed by atoms with Crippen LogP contribution in [-0.2, 0) is 19.6 Å². The van der Waals surface area contributed by atoms with E-state index in [4.69, 9.17) is 14.6 Å². The summed E-state index contributed by atoms with van der Waals surface area (Å²) in [5.74, 6) is -3.04. The van der Waals surface area contributed by atoms with Gasteiger partial charge in [-0.1, -0.05) is 12.1 Å². The maximum Gasteiger partial charge on any atom is 0.490 e. The van der Waals surface area contributed by atoms with Crippen LogP contribution in [0.5, 0.6) is 0 Å². The van der Waals surface area contributed by atoms with Crippen molar-refractivity contribution in [2.24, 2.45) is 0 Å². The number of benzene rings is 2. The fourth-order valence-electron chi connectivity index (χ4n) is 3.30. The predicted molar refractivity (Wildman–Crippen MR) is 131 cm³/mol. The Balaban J connectivity index is 0.000000604. The number of anilines is 2. The molecule has 14 heteroatoms. The number of sulfonamides is 1. The van der Waals surface area contributed by atoms with Crippen LogP contribution < -0.4 is 20.3 Å². The van der Waals surface area contributed by atoms with E-state index in [0.29, 0.717) is 24.4 Å². The van der Waals surface area contributed by atoms with Gasteiger partial charge in [-0.15, -0.1) is 0 Å². The Morgan fingerprint density at radius 1 is 1.14 bits per heavy atom. The molecule has 4 N–H and O–H groups in total. The topological polar surface area (TPSA) is 137 Å². The van der Waals surface area contributed by atoms with Crippen LogP contribution >= 0.6 is 0 Å². The number of methoxy groups -OCH3 is 1. The minimum Gasteiger partial charge on any atom is -0.475 e. The zero-order valence-electron chi connectivity index (χ0n) is 20.3. The third-order valence-electron chi connectivity index (χ3n) is 5.09. The summed E-state index contributed by atoms with van der Waals surface area (Å²) in [5, 5.41) is 13.2. The highest BCUT2D eigenvalue weighted by atomic mass is 32.2. The predicted octanol–water partition coefficient (Wildman–Crippen LogP) is 2.21. The number of ether oxygens (including phenoxy) is 1. The summed E-state index contributed by atoms with van der Waals surface area (Å²) in [6.45, 7) is 5.73. The molecule has 2 aromatic carbocycles. The van der Waals surface area contributed by atoms with Gasteiger partial charge in [0, 0.05) is 45.4 Å². The van der Waals surface area contributed by atoms with Crippen LogP contribution in [0.2, 0.25) is 0 Å². The Hall–Kier alpha value is -3.36. The smallest absolute Gasteiger partial charge is 0.475 e. The lowest BCUT2D eigenvalue weighted by Crippen LogP contribution is -2.43. The van der Waals surface area contributed by atoms with Gasteiger partial charge >= 0.3 is 12.1 Å². The van der Waals surface area contributed by atoms with Crippen LogP contribution in [-0.4, -0.2) is 78.0 Å². The molecule has 0 aromatic heterocycles. The summed E-state index contributed by atoms with van der Waals surface area (Å²) in [7, 11) is -2.24. The number of aliphatic carboxylic acids is 1. The van der Waals surface area contributed by atoms with Crippen LogP contribution in [0, 0.1) is 6.92 Å². The average molecular weight is 547 g/mol. The quantitative estimate of drug-likeness (QED) is 0.370. The Kier molecular flexibility index (Phi) is 10.7. The van der Waals surface area contributed by atoms with Crippen molar-refractivity contribution in [3.8, 4) is 0 Å². The fourth-order valence-corrected chi connectivity index (χ4v) is 4.47. The lowest BCUT2D eigenvalue weighted by atomic mass is 10.1. The highest BCUT2D eigenvalue weighted by molar-refractivity contribution is 7.92. The van der Waals surface area contributed by atoms with E-state index in [9.17, 15) is 26.4 Å². The van der Waals surface area contributed by atoms with Gasteiger partial charge in [0.05, 0.1) is 22.9 Å². The number of nitrogens with zero attached hydrogens (tertiary/aromatic N) is 1. The SMILES string of the molecule is COCCNC(=O)c1ccc(N2CCNCC2)c(NS(=O)(=O)c2cccc(C)c2)c1.O=C(O)C(F)(F)F. The molecule has 204 valence electrons. The standard InChI is InChI=1S/C21H28N4O4S.C2HF3O2/c1-16-4-3-5-18(14-16)30(27,28)24-19-15-17(21(26)23-10-13-29-2)6-7-20(19)25-11-8-22-9-12-25;3-2(4,5)1(6)7/h3-7,14-15,22,24H,8-13H2,1-2H3,(H,23,26);(H,6,7). The maximum absolute atomic E-state index is 13.0. The molecule has 0 radical (unpaired) electrons. The number of aryl methyl sites for hydroxylation is 1. The number of carboxylic acid groups (broad SMARTS) is 1. The maximum atomic E-state index is 13.0. The molecule has 37 heavy (non-hydrogen) atoms. The second-order valence-corrected chi connectivity index (χ2v) is 9.62. The van der Waals surface area contributed by atoms with Gasteiger partial charge in [0.1, 0.15) is 0 Å². The first-order valence-corrected chi connectivity index (χ1v) is 12.6. The van der Waals surface area contributed by atoms with E-state index in [1.165, 1.54) is 0 Å². The molecular formula is C23H29F3N4O6S. The molecule has 1 fully saturated rings. The van der Waals surface area contributed by atoms with Gasteiger partial charge in [-0.25, -0.2) is 13.2 Å². The van der Waals surface area contributed by atoms with Crippen molar-refractivity contribution in [2.75, 3.05) is 56.1 Å². The largest absolute Gasteiger partial charge is 0.490 e. The monoisotopic (exact) mass is 546 g/mol. The zero-order chi connectivity index (χ0) is 27.6. The van der Waals surface area contributed by atoms with Crippen LogP contribution in [0.1, 0.15) is 15.9 Å². The van der Waals surface area contributed by atoms with Crippen LogP contribution in [0.4, 0.5) is 24.5 Å². The number of nitrogens with one attached hydrogen (secondary N) is 3. The fraction of sp³-hybridized carbons (Fsp3) is 0.391. The summed E-state index contributed by atoms with van der Waals surface area (Å²) >= 11 is 0. The molecule has 0 unspecified atom stereocenters. The number of rotatable bonds is 8. The van der Waals surface area contributed by atoms with Crippen LogP contribution in [0.25, 0.3) is 0 Å². The second kappa shape index (κ2) is 13.3. The van der Waals surface area contributed by atoms with Gasteiger partial charge in [-0.05, 0) is 42.8 Å². The minimum absolute atomic E-state index is 0.184. The van der Waals surface area contributed by atoms with Gasteiger partial charge in [-0.2, -0.15) is 13.2 Å². The molecule has 1 heterocycles. The Morgan fingerprint density at radius 3 is 2.35 bits per heavy atom.